The molecule has 2 heterocycles. The molecular weight excluding hydrogens is 428 g/mol. The summed E-state index contributed by atoms with van der Waals surface area (Å²) in [6, 6.07) is 13.5. The Bertz CT molecular complexity index is 1290. The molecule has 2 aromatic heterocycles. The van der Waals surface area contributed by atoms with E-state index in [9.17, 15) is 13.6 Å². The summed E-state index contributed by atoms with van der Waals surface area (Å²) in [5.41, 5.74) is 10.9. The summed E-state index contributed by atoms with van der Waals surface area (Å²) in [5, 5.41) is 4.17. The molecule has 4 N–H and O–H groups in total. The van der Waals surface area contributed by atoms with Gasteiger partial charge in [0.1, 0.15) is 22.1 Å². The summed E-state index contributed by atoms with van der Waals surface area (Å²) in [6.45, 7) is 0. The zero-order valence-corrected chi connectivity index (χ0v) is 16.5. The quantitative estimate of drug-likeness (QED) is 0.479. The van der Waals surface area contributed by atoms with Crippen LogP contribution in [0.15, 0.2) is 60.8 Å². The second-order valence-electron chi connectivity index (χ2n) is 6.38. The van der Waals surface area contributed by atoms with Gasteiger partial charge in [0.2, 0.25) is 5.95 Å². The summed E-state index contributed by atoms with van der Waals surface area (Å²) >= 11 is 6.02. The van der Waals surface area contributed by atoms with Crippen molar-refractivity contribution in [3.63, 3.8) is 0 Å². The van der Waals surface area contributed by atoms with Crippen molar-refractivity contribution in [2.45, 2.75) is 0 Å². The minimum Gasteiger partial charge on any atom is -0.453 e. The summed E-state index contributed by atoms with van der Waals surface area (Å²) in [4.78, 5) is 15.7. The maximum Gasteiger partial charge on any atom is 0.255 e. The molecule has 0 aliphatic rings. The van der Waals surface area contributed by atoms with Crippen molar-refractivity contribution in [1.29, 1.82) is 0 Å². The molecule has 0 spiro atoms. The number of hydrogen-bond acceptors (Lipinski definition) is 5. The second-order valence-corrected chi connectivity index (χ2v) is 6.76. The fourth-order valence-electron chi connectivity index (χ4n) is 2.93. The van der Waals surface area contributed by atoms with Gasteiger partial charge in [-0.15, -0.1) is 0 Å². The third-order valence-electron chi connectivity index (χ3n) is 4.38. The monoisotopic (exact) mass is 441 g/mol. The molecule has 156 valence electrons. The molecule has 4 aromatic rings. The molecule has 1 amide bonds. The van der Waals surface area contributed by atoms with Gasteiger partial charge < -0.3 is 16.2 Å². The first-order chi connectivity index (χ1) is 14.9. The zero-order valence-electron chi connectivity index (χ0n) is 15.7. The SMILES string of the molecule is NC(=O)c1c(-c2ccc(Oc3ccnc(N)c3Cl)c(F)c2)nn(-c2ccccc2)c1F. The number of primary amides is 1. The Morgan fingerprint density at radius 1 is 1.06 bits per heavy atom. The first-order valence-corrected chi connectivity index (χ1v) is 9.26. The largest absolute Gasteiger partial charge is 0.453 e. The highest BCUT2D eigenvalue weighted by Gasteiger charge is 2.25. The number of nitrogen functional groups attached to an aromatic ring is 1. The van der Waals surface area contributed by atoms with Crippen LogP contribution in [-0.2, 0) is 0 Å². The predicted molar refractivity (Wildman–Crippen MR) is 111 cm³/mol. The van der Waals surface area contributed by atoms with E-state index in [4.69, 9.17) is 27.8 Å². The van der Waals surface area contributed by atoms with Gasteiger partial charge in [-0.25, -0.2) is 14.1 Å². The molecule has 0 atom stereocenters. The van der Waals surface area contributed by atoms with Crippen LogP contribution in [0.5, 0.6) is 11.5 Å². The van der Waals surface area contributed by atoms with E-state index in [1.807, 2.05) is 0 Å². The van der Waals surface area contributed by atoms with Crippen molar-refractivity contribution in [1.82, 2.24) is 14.8 Å². The van der Waals surface area contributed by atoms with Crippen LogP contribution in [0.1, 0.15) is 10.4 Å². The van der Waals surface area contributed by atoms with E-state index in [1.54, 1.807) is 30.3 Å². The summed E-state index contributed by atoms with van der Waals surface area (Å²) < 4.78 is 36.1. The highest BCUT2D eigenvalue weighted by Crippen LogP contribution is 2.35. The van der Waals surface area contributed by atoms with Crippen molar-refractivity contribution >= 4 is 23.3 Å². The van der Waals surface area contributed by atoms with Gasteiger partial charge in [-0.1, -0.05) is 29.8 Å². The number of nitrogens with zero attached hydrogens (tertiary/aromatic N) is 3. The van der Waals surface area contributed by atoms with Crippen molar-refractivity contribution in [2.75, 3.05) is 5.73 Å². The van der Waals surface area contributed by atoms with Crippen molar-refractivity contribution in [3.05, 3.63) is 83.1 Å². The number of halogens is 3. The molecule has 2 aromatic carbocycles. The third-order valence-corrected chi connectivity index (χ3v) is 4.76. The molecule has 10 heteroatoms. The number of carbonyl (C=O) groups is 1. The number of aromatic nitrogens is 3. The van der Waals surface area contributed by atoms with Crippen molar-refractivity contribution < 1.29 is 18.3 Å². The number of para-hydroxylation sites is 1. The number of hydrogen-bond donors (Lipinski definition) is 2. The molecular formula is C21H14ClF2N5O2. The Hall–Kier alpha value is -3.98. The van der Waals surface area contributed by atoms with E-state index >= 15 is 0 Å². The van der Waals surface area contributed by atoms with E-state index in [-0.39, 0.29) is 33.6 Å². The van der Waals surface area contributed by atoms with Crippen LogP contribution in [0.4, 0.5) is 14.6 Å². The average Bonchev–Trinajstić information content (AvgIpc) is 3.10. The lowest BCUT2D eigenvalue weighted by Gasteiger charge is -2.10. The number of pyridine rings is 1. The minimum atomic E-state index is -1.03. The van der Waals surface area contributed by atoms with Gasteiger partial charge in [-0.2, -0.15) is 9.49 Å². The van der Waals surface area contributed by atoms with E-state index in [1.165, 1.54) is 24.4 Å². The molecule has 7 nitrogen and oxygen atoms in total. The lowest BCUT2D eigenvalue weighted by molar-refractivity contribution is 0.0996. The third kappa shape index (κ3) is 3.78. The fourth-order valence-corrected chi connectivity index (χ4v) is 3.08. The Morgan fingerprint density at radius 2 is 1.81 bits per heavy atom. The molecule has 0 unspecified atom stereocenters. The molecule has 0 aliphatic carbocycles. The molecule has 0 aliphatic heterocycles. The van der Waals surface area contributed by atoms with Crippen LogP contribution in [0.25, 0.3) is 16.9 Å². The summed E-state index contributed by atoms with van der Waals surface area (Å²) in [6.07, 6.45) is 1.36. The first-order valence-electron chi connectivity index (χ1n) is 8.88. The van der Waals surface area contributed by atoms with Crippen LogP contribution < -0.4 is 16.2 Å². The Kier molecular flexibility index (Phi) is 5.26. The number of benzene rings is 2. The van der Waals surface area contributed by atoms with Gasteiger partial charge in [-0.3, -0.25) is 4.79 Å². The number of nitrogens with two attached hydrogens (primary N) is 2. The van der Waals surface area contributed by atoms with E-state index < -0.39 is 23.2 Å². The van der Waals surface area contributed by atoms with Crippen LogP contribution in [0.2, 0.25) is 5.02 Å². The van der Waals surface area contributed by atoms with Gasteiger partial charge in [0.15, 0.2) is 17.3 Å². The van der Waals surface area contributed by atoms with Gasteiger partial charge in [0.05, 0.1) is 5.69 Å². The second kappa shape index (κ2) is 8.04. The molecule has 0 radical (unpaired) electrons. The first kappa shape index (κ1) is 20.3. The Balaban J connectivity index is 1.76. The lowest BCUT2D eigenvalue weighted by atomic mass is 10.1. The standard InChI is InChI=1S/C21H14ClF2N5O2/c22-17-15(8-9-27-20(17)25)31-14-7-6-11(10-13(14)23)18-16(21(26)30)19(24)29(28-18)12-4-2-1-3-5-12/h1-10H,(H2,25,27)(H2,26,30). The van der Waals surface area contributed by atoms with E-state index in [2.05, 4.69) is 10.1 Å². The number of rotatable bonds is 5. The highest BCUT2D eigenvalue weighted by molar-refractivity contribution is 6.34. The summed E-state index contributed by atoms with van der Waals surface area (Å²) in [5.74, 6) is -2.81. The Morgan fingerprint density at radius 3 is 2.48 bits per heavy atom. The van der Waals surface area contributed by atoms with Crippen LogP contribution in [-0.4, -0.2) is 20.7 Å². The minimum absolute atomic E-state index is 0.0317. The van der Waals surface area contributed by atoms with Gasteiger partial charge >= 0.3 is 0 Å². The lowest BCUT2D eigenvalue weighted by Crippen LogP contribution is -2.14. The van der Waals surface area contributed by atoms with E-state index in [0.29, 0.717) is 5.69 Å². The molecule has 0 bridgehead atoms. The fraction of sp³-hybridized carbons (Fsp3) is 0. The predicted octanol–water partition coefficient (Wildman–Crippen LogP) is 4.34. The summed E-state index contributed by atoms with van der Waals surface area (Å²) in [7, 11) is 0. The smallest absolute Gasteiger partial charge is 0.255 e. The molecule has 0 saturated carbocycles. The van der Waals surface area contributed by atoms with Crippen LogP contribution >= 0.6 is 11.6 Å². The number of anilines is 1. The highest BCUT2D eigenvalue weighted by atomic mass is 35.5. The maximum atomic E-state index is 14.9. The van der Waals surface area contributed by atoms with Crippen LogP contribution in [0.3, 0.4) is 0 Å². The number of ether oxygens (including phenoxy) is 1. The van der Waals surface area contributed by atoms with Gasteiger partial charge in [0, 0.05) is 17.8 Å². The number of carbonyl (C=O) groups excluding carboxylic acids is 1. The normalized spacial score (nSPS) is 10.8. The topological polar surface area (TPSA) is 109 Å². The maximum absolute atomic E-state index is 14.9. The number of amides is 1. The molecule has 0 saturated heterocycles. The Labute approximate surface area is 179 Å². The zero-order chi connectivity index (χ0) is 22.1. The van der Waals surface area contributed by atoms with Crippen LogP contribution in [0, 0.1) is 11.8 Å². The van der Waals surface area contributed by atoms with Gasteiger partial charge in [0.25, 0.3) is 5.91 Å². The molecule has 4 rings (SSSR count). The van der Waals surface area contributed by atoms with Gasteiger partial charge in [-0.05, 0) is 30.3 Å². The van der Waals surface area contributed by atoms with Crippen molar-refractivity contribution in [2.24, 2.45) is 5.73 Å². The average molecular weight is 442 g/mol. The van der Waals surface area contributed by atoms with Crippen molar-refractivity contribution in [3.8, 4) is 28.4 Å². The van der Waals surface area contributed by atoms with E-state index in [0.717, 1.165) is 10.7 Å². The molecule has 0 fully saturated rings. The molecule has 31 heavy (non-hydrogen) atoms.